The first-order valence-electron chi connectivity index (χ1n) is 9.44. The fraction of sp³-hybridized carbons (Fsp3) is 0.400. The number of fused-ring (bicyclic) bond motifs is 1. The summed E-state index contributed by atoms with van der Waals surface area (Å²) in [6.07, 6.45) is 2.69. The highest BCUT2D eigenvalue weighted by atomic mass is 127. The van der Waals surface area contributed by atoms with E-state index in [1.807, 2.05) is 36.4 Å². The predicted octanol–water partition coefficient (Wildman–Crippen LogP) is 2.94. The van der Waals surface area contributed by atoms with Gasteiger partial charge in [0.05, 0.1) is 11.6 Å². The Hall–Kier alpha value is -1.94. The molecule has 0 radical (unpaired) electrons. The number of para-hydroxylation sites is 2. The Kier molecular flexibility index (Phi) is 7.65. The van der Waals surface area contributed by atoms with E-state index in [-0.39, 0.29) is 36.1 Å². The number of nitrogens with one attached hydrogen (secondary N) is 2. The molecule has 1 aromatic heterocycles. The molecule has 2 atom stereocenters. The van der Waals surface area contributed by atoms with E-state index in [4.69, 9.17) is 21.1 Å². The average molecular weight is 530 g/mol. The Morgan fingerprint density at radius 2 is 2.10 bits per heavy atom. The molecule has 2 aliphatic heterocycles. The summed E-state index contributed by atoms with van der Waals surface area (Å²) in [5, 5.41) is 7.49. The van der Waals surface area contributed by atoms with Crippen molar-refractivity contribution < 1.29 is 9.47 Å². The van der Waals surface area contributed by atoms with Crippen molar-refractivity contribution in [2.45, 2.75) is 18.6 Å². The number of nitrogens with zero attached hydrogens (tertiary/aromatic N) is 3. The lowest BCUT2D eigenvalue weighted by Gasteiger charge is -2.27. The second-order valence-corrected chi connectivity index (χ2v) is 7.24. The number of halogens is 2. The molecule has 3 heterocycles. The van der Waals surface area contributed by atoms with E-state index in [0.717, 1.165) is 42.8 Å². The molecule has 1 saturated heterocycles. The summed E-state index contributed by atoms with van der Waals surface area (Å²) < 4.78 is 11.7. The average Bonchev–Trinajstić information content (AvgIpc) is 3.19. The fourth-order valence-electron chi connectivity index (χ4n) is 3.44. The Labute approximate surface area is 192 Å². The van der Waals surface area contributed by atoms with Crippen molar-refractivity contribution in [3.05, 3.63) is 47.6 Å². The van der Waals surface area contributed by atoms with Crippen LogP contribution in [0.5, 0.6) is 11.5 Å². The molecule has 2 aromatic rings. The quantitative estimate of drug-likeness (QED) is 0.361. The van der Waals surface area contributed by atoms with Gasteiger partial charge >= 0.3 is 0 Å². The molecule has 4 rings (SSSR count). The molecule has 1 aromatic carbocycles. The van der Waals surface area contributed by atoms with Crippen molar-refractivity contribution in [2.75, 3.05) is 38.2 Å². The van der Waals surface area contributed by atoms with Gasteiger partial charge in [0.25, 0.3) is 0 Å². The van der Waals surface area contributed by atoms with Gasteiger partial charge in [0, 0.05) is 32.4 Å². The maximum absolute atomic E-state index is 6.27. The van der Waals surface area contributed by atoms with Gasteiger partial charge < -0.3 is 25.0 Å². The van der Waals surface area contributed by atoms with E-state index < -0.39 is 0 Å². The Balaban J connectivity index is 0.00000240. The van der Waals surface area contributed by atoms with E-state index in [1.54, 1.807) is 13.2 Å². The van der Waals surface area contributed by atoms with E-state index in [0.29, 0.717) is 18.2 Å². The molecule has 2 N–H and O–H groups in total. The van der Waals surface area contributed by atoms with Gasteiger partial charge in [-0.15, -0.1) is 24.0 Å². The van der Waals surface area contributed by atoms with Gasteiger partial charge in [-0.05, 0) is 30.7 Å². The Morgan fingerprint density at radius 3 is 2.90 bits per heavy atom. The zero-order valence-electron chi connectivity index (χ0n) is 16.2. The molecule has 2 aliphatic rings. The van der Waals surface area contributed by atoms with Crippen LogP contribution in [0.4, 0.5) is 5.82 Å². The number of aliphatic imine (C=N–C) groups is 1. The summed E-state index contributed by atoms with van der Waals surface area (Å²) in [6, 6.07) is 11.7. The molecule has 156 valence electrons. The van der Waals surface area contributed by atoms with Gasteiger partial charge in [0.15, 0.2) is 17.5 Å². The van der Waals surface area contributed by atoms with Crippen LogP contribution in [0.3, 0.4) is 0 Å². The number of benzene rings is 1. The van der Waals surface area contributed by atoms with Gasteiger partial charge in [-0.1, -0.05) is 23.7 Å². The molecule has 0 amide bonds. The van der Waals surface area contributed by atoms with Crippen LogP contribution in [0.25, 0.3) is 0 Å². The highest BCUT2D eigenvalue weighted by Gasteiger charge is 2.26. The van der Waals surface area contributed by atoms with E-state index >= 15 is 0 Å². The molecule has 0 spiro atoms. The number of hydrogen-bond acceptors (Lipinski definition) is 5. The summed E-state index contributed by atoms with van der Waals surface area (Å²) in [4.78, 5) is 10.9. The maximum Gasteiger partial charge on any atom is 0.191 e. The zero-order chi connectivity index (χ0) is 19.3. The van der Waals surface area contributed by atoms with Crippen LogP contribution in [-0.4, -0.2) is 56.4 Å². The zero-order valence-corrected chi connectivity index (χ0v) is 19.3. The number of guanidine groups is 1. The number of ether oxygens (including phenoxy) is 2. The summed E-state index contributed by atoms with van der Waals surface area (Å²) in [5.74, 6) is 3.16. The van der Waals surface area contributed by atoms with Gasteiger partial charge in [0.2, 0.25) is 0 Å². The SMILES string of the molecule is CN=C(NCC1COc2ccccc2O1)NC1CCN(c2ncccc2Cl)C1.I. The van der Waals surface area contributed by atoms with Crippen LogP contribution >= 0.6 is 35.6 Å². The second kappa shape index (κ2) is 10.2. The third-order valence-corrected chi connectivity index (χ3v) is 5.15. The van der Waals surface area contributed by atoms with Crippen molar-refractivity contribution in [3.63, 3.8) is 0 Å². The smallest absolute Gasteiger partial charge is 0.191 e. The predicted molar refractivity (Wildman–Crippen MR) is 126 cm³/mol. The van der Waals surface area contributed by atoms with Crippen LogP contribution in [-0.2, 0) is 0 Å². The first-order valence-corrected chi connectivity index (χ1v) is 9.82. The van der Waals surface area contributed by atoms with Crippen molar-refractivity contribution in [2.24, 2.45) is 4.99 Å². The van der Waals surface area contributed by atoms with E-state index in [1.165, 1.54) is 0 Å². The lowest BCUT2D eigenvalue weighted by Crippen LogP contribution is -2.48. The lowest BCUT2D eigenvalue weighted by atomic mass is 10.2. The number of pyridine rings is 1. The van der Waals surface area contributed by atoms with Crippen LogP contribution in [0.1, 0.15) is 6.42 Å². The van der Waals surface area contributed by atoms with Crippen LogP contribution in [0, 0.1) is 0 Å². The van der Waals surface area contributed by atoms with Crippen molar-refractivity contribution in [1.29, 1.82) is 0 Å². The molecule has 1 fully saturated rings. The Bertz CT molecular complexity index is 853. The normalized spacial score (nSPS) is 20.8. The number of aromatic nitrogens is 1. The summed E-state index contributed by atoms with van der Waals surface area (Å²) in [5.41, 5.74) is 0. The molecule has 0 bridgehead atoms. The highest BCUT2D eigenvalue weighted by molar-refractivity contribution is 14.0. The standard InChI is InChI=1S/C20H24ClN5O2.HI/c1-22-20(24-11-15-13-27-17-6-2-3-7-18(17)28-15)25-14-8-10-26(12-14)19-16(21)5-4-9-23-19;/h2-7,9,14-15H,8,10-13H2,1H3,(H2,22,24,25);1H. The minimum absolute atomic E-state index is 0. The molecule has 7 nitrogen and oxygen atoms in total. The summed E-state index contributed by atoms with van der Waals surface area (Å²) in [7, 11) is 1.77. The highest BCUT2D eigenvalue weighted by Crippen LogP contribution is 2.30. The van der Waals surface area contributed by atoms with Gasteiger partial charge in [0.1, 0.15) is 18.5 Å². The first kappa shape index (κ1) is 21.8. The van der Waals surface area contributed by atoms with Crippen LogP contribution in [0.15, 0.2) is 47.6 Å². The van der Waals surface area contributed by atoms with E-state index in [2.05, 4.69) is 25.5 Å². The van der Waals surface area contributed by atoms with Gasteiger partial charge in [-0.2, -0.15) is 0 Å². The Morgan fingerprint density at radius 1 is 1.28 bits per heavy atom. The van der Waals surface area contributed by atoms with Crippen molar-refractivity contribution in [3.8, 4) is 11.5 Å². The molecule has 29 heavy (non-hydrogen) atoms. The summed E-state index contributed by atoms with van der Waals surface area (Å²) in [6.45, 7) is 2.85. The minimum atomic E-state index is -0.0687. The van der Waals surface area contributed by atoms with E-state index in [9.17, 15) is 0 Å². The van der Waals surface area contributed by atoms with Gasteiger partial charge in [-0.25, -0.2) is 4.98 Å². The van der Waals surface area contributed by atoms with Crippen molar-refractivity contribution >= 4 is 47.4 Å². The fourth-order valence-corrected chi connectivity index (χ4v) is 3.68. The first-order chi connectivity index (χ1) is 13.7. The molecular weight excluding hydrogens is 505 g/mol. The number of hydrogen-bond donors (Lipinski definition) is 2. The van der Waals surface area contributed by atoms with Crippen LogP contribution < -0.4 is 25.0 Å². The number of anilines is 1. The molecule has 0 saturated carbocycles. The second-order valence-electron chi connectivity index (χ2n) is 6.84. The third-order valence-electron chi connectivity index (χ3n) is 4.86. The monoisotopic (exact) mass is 529 g/mol. The third kappa shape index (κ3) is 5.36. The largest absolute Gasteiger partial charge is 0.486 e. The summed E-state index contributed by atoms with van der Waals surface area (Å²) >= 11 is 6.27. The topological polar surface area (TPSA) is 71.0 Å². The van der Waals surface area contributed by atoms with Gasteiger partial charge in [-0.3, -0.25) is 4.99 Å². The number of rotatable bonds is 4. The molecule has 9 heteroatoms. The van der Waals surface area contributed by atoms with Crippen molar-refractivity contribution in [1.82, 2.24) is 15.6 Å². The van der Waals surface area contributed by atoms with Crippen LogP contribution in [0.2, 0.25) is 5.02 Å². The lowest BCUT2D eigenvalue weighted by molar-refractivity contribution is 0.0936. The maximum atomic E-state index is 6.27. The molecule has 2 unspecified atom stereocenters. The molecule has 0 aliphatic carbocycles. The minimum Gasteiger partial charge on any atom is -0.486 e. The molecular formula is C20H25ClIN5O2.